The molecule has 0 aromatic heterocycles. The van der Waals surface area contributed by atoms with Gasteiger partial charge in [-0.1, -0.05) is 12.1 Å². The Kier molecular flexibility index (Phi) is 3.71. The molecule has 0 aliphatic rings. The average molecular weight is 354 g/mol. The van der Waals surface area contributed by atoms with Gasteiger partial charge in [0.05, 0.1) is 11.3 Å². The molecule has 4 N–H and O–H groups in total. The number of ether oxygens (including phenoxy) is 1. The summed E-state index contributed by atoms with van der Waals surface area (Å²) in [6, 6.07) is 12.2. The SMILES string of the molecule is NC(=O)c1ccccc1Oc1ccc(I)cc1N. The molecule has 0 atom stereocenters. The van der Waals surface area contributed by atoms with E-state index in [4.69, 9.17) is 16.2 Å². The van der Waals surface area contributed by atoms with Crippen LogP contribution in [0.5, 0.6) is 11.5 Å². The van der Waals surface area contributed by atoms with Crippen LogP contribution in [0.25, 0.3) is 0 Å². The van der Waals surface area contributed by atoms with Crippen molar-refractivity contribution in [2.75, 3.05) is 5.73 Å². The third-order valence-electron chi connectivity index (χ3n) is 2.34. The topological polar surface area (TPSA) is 78.3 Å². The molecule has 0 saturated carbocycles. The molecular formula is C13H11IN2O2. The molecule has 5 heteroatoms. The van der Waals surface area contributed by atoms with Crippen LogP contribution in [-0.2, 0) is 0 Å². The predicted octanol–water partition coefficient (Wildman–Crippen LogP) is 2.76. The third kappa shape index (κ3) is 2.73. The Hall–Kier alpha value is -1.76. The zero-order valence-electron chi connectivity index (χ0n) is 9.39. The second kappa shape index (κ2) is 5.26. The molecule has 0 radical (unpaired) electrons. The van der Waals surface area contributed by atoms with Crippen molar-refractivity contribution in [2.45, 2.75) is 0 Å². The van der Waals surface area contributed by atoms with Crippen LogP contribution in [0, 0.1) is 3.57 Å². The number of para-hydroxylation sites is 1. The van der Waals surface area contributed by atoms with Gasteiger partial charge in [0.15, 0.2) is 0 Å². The quantitative estimate of drug-likeness (QED) is 0.657. The van der Waals surface area contributed by atoms with Crippen LogP contribution in [0.15, 0.2) is 42.5 Å². The van der Waals surface area contributed by atoms with Gasteiger partial charge in [0.1, 0.15) is 11.5 Å². The van der Waals surface area contributed by atoms with Crippen molar-refractivity contribution in [1.29, 1.82) is 0 Å². The lowest BCUT2D eigenvalue weighted by molar-refractivity contribution is 0.0998. The minimum Gasteiger partial charge on any atom is -0.454 e. The van der Waals surface area contributed by atoms with E-state index in [2.05, 4.69) is 22.6 Å². The van der Waals surface area contributed by atoms with Crippen molar-refractivity contribution < 1.29 is 9.53 Å². The van der Waals surface area contributed by atoms with Crippen LogP contribution in [0.2, 0.25) is 0 Å². The minimum atomic E-state index is -0.533. The molecule has 0 spiro atoms. The minimum absolute atomic E-state index is 0.329. The molecule has 0 aliphatic carbocycles. The molecule has 2 rings (SSSR count). The number of amides is 1. The number of hydrogen-bond acceptors (Lipinski definition) is 3. The Morgan fingerprint density at radius 3 is 2.50 bits per heavy atom. The molecule has 0 bridgehead atoms. The third-order valence-corrected chi connectivity index (χ3v) is 3.02. The van der Waals surface area contributed by atoms with E-state index in [1.54, 1.807) is 36.4 Å². The van der Waals surface area contributed by atoms with Crippen LogP contribution in [0.4, 0.5) is 5.69 Å². The van der Waals surface area contributed by atoms with Crippen molar-refractivity contribution >= 4 is 34.2 Å². The summed E-state index contributed by atoms with van der Waals surface area (Å²) in [7, 11) is 0. The summed E-state index contributed by atoms with van der Waals surface area (Å²) in [4.78, 5) is 11.3. The first-order chi connectivity index (χ1) is 8.58. The van der Waals surface area contributed by atoms with E-state index < -0.39 is 5.91 Å². The zero-order valence-corrected chi connectivity index (χ0v) is 11.5. The van der Waals surface area contributed by atoms with E-state index in [1.807, 2.05) is 6.07 Å². The lowest BCUT2D eigenvalue weighted by Crippen LogP contribution is -2.12. The van der Waals surface area contributed by atoms with Gasteiger partial charge < -0.3 is 16.2 Å². The Morgan fingerprint density at radius 2 is 1.83 bits per heavy atom. The molecule has 1 amide bonds. The monoisotopic (exact) mass is 354 g/mol. The number of carbonyl (C=O) groups is 1. The lowest BCUT2D eigenvalue weighted by atomic mass is 10.2. The van der Waals surface area contributed by atoms with E-state index in [-0.39, 0.29) is 0 Å². The second-order valence-electron chi connectivity index (χ2n) is 3.64. The number of halogens is 1. The maximum atomic E-state index is 11.3. The summed E-state index contributed by atoms with van der Waals surface area (Å²) in [6.45, 7) is 0. The highest BCUT2D eigenvalue weighted by molar-refractivity contribution is 14.1. The van der Waals surface area contributed by atoms with Crippen LogP contribution < -0.4 is 16.2 Å². The highest BCUT2D eigenvalue weighted by atomic mass is 127. The smallest absolute Gasteiger partial charge is 0.252 e. The number of anilines is 1. The second-order valence-corrected chi connectivity index (χ2v) is 4.89. The number of benzene rings is 2. The molecule has 4 nitrogen and oxygen atoms in total. The molecule has 2 aromatic rings. The Labute approximate surface area is 118 Å². The van der Waals surface area contributed by atoms with Crippen molar-refractivity contribution in [3.8, 4) is 11.5 Å². The molecule has 18 heavy (non-hydrogen) atoms. The van der Waals surface area contributed by atoms with Gasteiger partial charge in [-0.2, -0.15) is 0 Å². The fraction of sp³-hybridized carbons (Fsp3) is 0. The zero-order chi connectivity index (χ0) is 13.1. The summed E-state index contributed by atoms with van der Waals surface area (Å²) < 4.78 is 6.64. The highest BCUT2D eigenvalue weighted by Gasteiger charge is 2.10. The fourth-order valence-corrected chi connectivity index (χ4v) is 2.01. The molecule has 0 unspecified atom stereocenters. The van der Waals surface area contributed by atoms with E-state index in [1.165, 1.54) is 0 Å². The standard InChI is InChI=1S/C13H11IN2O2/c14-8-5-6-12(10(15)7-8)18-11-4-2-1-3-9(11)13(16)17/h1-7H,15H2,(H2,16,17). The number of primary amides is 1. The summed E-state index contributed by atoms with van der Waals surface area (Å²) >= 11 is 2.16. The van der Waals surface area contributed by atoms with Gasteiger partial charge >= 0.3 is 0 Å². The summed E-state index contributed by atoms with van der Waals surface area (Å²) in [5.41, 5.74) is 12.0. The molecule has 0 heterocycles. The van der Waals surface area contributed by atoms with Crippen molar-refractivity contribution in [3.05, 3.63) is 51.6 Å². The van der Waals surface area contributed by atoms with E-state index >= 15 is 0 Å². The number of rotatable bonds is 3. The average Bonchev–Trinajstić information content (AvgIpc) is 2.33. The normalized spacial score (nSPS) is 10.1. The molecule has 0 fully saturated rings. The molecule has 0 saturated heterocycles. The maximum absolute atomic E-state index is 11.3. The molecule has 92 valence electrons. The predicted molar refractivity (Wildman–Crippen MR) is 78.6 cm³/mol. The van der Waals surface area contributed by atoms with Crippen molar-refractivity contribution in [2.24, 2.45) is 5.73 Å². The van der Waals surface area contributed by atoms with Crippen LogP contribution in [-0.4, -0.2) is 5.91 Å². The molecular weight excluding hydrogens is 343 g/mol. The summed E-state index contributed by atoms with van der Waals surface area (Å²) in [5, 5.41) is 0. The van der Waals surface area contributed by atoms with Gasteiger partial charge in [-0.3, -0.25) is 4.79 Å². The summed E-state index contributed by atoms with van der Waals surface area (Å²) in [5.74, 6) is 0.372. The van der Waals surface area contributed by atoms with Gasteiger partial charge in [0.2, 0.25) is 0 Å². The number of hydrogen-bond donors (Lipinski definition) is 2. The van der Waals surface area contributed by atoms with Crippen molar-refractivity contribution in [1.82, 2.24) is 0 Å². The Balaban J connectivity index is 2.37. The number of nitrogens with two attached hydrogens (primary N) is 2. The molecule has 2 aromatic carbocycles. The van der Waals surface area contributed by atoms with Crippen LogP contribution in [0.1, 0.15) is 10.4 Å². The van der Waals surface area contributed by atoms with E-state index in [0.29, 0.717) is 22.7 Å². The fourth-order valence-electron chi connectivity index (χ4n) is 1.49. The number of carbonyl (C=O) groups excluding carboxylic acids is 1. The first kappa shape index (κ1) is 12.7. The van der Waals surface area contributed by atoms with Crippen molar-refractivity contribution in [3.63, 3.8) is 0 Å². The largest absolute Gasteiger partial charge is 0.454 e. The summed E-state index contributed by atoms with van der Waals surface area (Å²) in [6.07, 6.45) is 0. The van der Waals surface area contributed by atoms with Gasteiger partial charge in [0.25, 0.3) is 5.91 Å². The first-order valence-electron chi connectivity index (χ1n) is 5.19. The van der Waals surface area contributed by atoms with Gasteiger partial charge in [0, 0.05) is 3.57 Å². The van der Waals surface area contributed by atoms with Gasteiger partial charge in [-0.15, -0.1) is 0 Å². The number of nitrogen functional groups attached to an aromatic ring is 1. The van der Waals surface area contributed by atoms with Gasteiger partial charge in [-0.05, 0) is 52.9 Å². The van der Waals surface area contributed by atoms with E-state index in [0.717, 1.165) is 3.57 Å². The lowest BCUT2D eigenvalue weighted by Gasteiger charge is -2.11. The first-order valence-corrected chi connectivity index (χ1v) is 6.27. The Morgan fingerprint density at radius 1 is 1.11 bits per heavy atom. The highest BCUT2D eigenvalue weighted by Crippen LogP contribution is 2.30. The van der Waals surface area contributed by atoms with E-state index in [9.17, 15) is 4.79 Å². The Bertz CT molecular complexity index is 599. The van der Waals surface area contributed by atoms with Crippen LogP contribution in [0.3, 0.4) is 0 Å². The van der Waals surface area contributed by atoms with Crippen LogP contribution >= 0.6 is 22.6 Å². The maximum Gasteiger partial charge on any atom is 0.252 e. The van der Waals surface area contributed by atoms with Gasteiger partial charge in [-0.25, -0.2) is 0 Å². The molecule has 0 aliphatic heterocycles.